The molecule has 3 unspecified atom stereocenters. The predicted molar refractivity (Wildman–Crippen MR) is 101 cm³/mol. The molecule has 3 aliphatic rings. The summed E-state index contributed by atoms with van der Waals surface area (Å²) in [5, 5.41) is 7.20. The molecule has 1 aliphatic heterocycles. The standard InChI is InChI=1S/C19H36N4O2/c1-4-25-17-12-16(19(17)6-5-7-19)22-18(20-3)21-13-15(2)14-23-8-10-24-11-9-23/h15-17H,4-14H2,1-3H3,(H2,20,21,22). The molecule has 3 atom stereocenters. The van der Waals surface area contributed by atoms with Gasteiger partial charge in [-0.05, 0) is 32.1 Å². The Balaban J connectivity index is 1.41. The number of nitrogens with zero attached hydrogens (tertiary/aromatic N) is 2. The molecule has 0 aromatic carbocycles. The molecule has 1 spiro atoms. The summed E-state index contributed by atoms with van der Waals surface area (Å²) in [5.41, 5.74) is 0.368. The van der Waals surface area contributed by atoms with Crippen molar-refractivity contribution in [2.24, 2.45) is 16.3 Å². The summed E-state index contributed by atoms with van der Waals surface area (Å²) in [6, 6.07) is 0.513. The van der Waals surface area contributed by atoms with Crippen molar-refractivity contribution in [3.8, 4) is 0 Å². The molecule has 0 aromatic heterocycles. The van der Waals surface area contributed by atoms with E-state index in [4.69, 9.17) is 9.47 Å². The number of rotatable bonds is 7. The van der Waals surface area contributed by atoms with Crippen LogP contribution >= 0.6 is 0 Å². The summed E-state index contributed by atoms with van der Waals surface area (Å²) in [5.74, 6) is 1.53. The Kier molecular flexibility index (Phi) is 6.58. The summed E-state index contributed by atoms with van der Waals surface area (Å²) in [4.78, 5) is 6.94. The van der Waals surface area contributed by atoms with E-state index in [0.29, 0.717) is 23.5 Å². The molecule has 0 amide bonds. The fourth-order valence-electron chi connectivity index (χ4n) is 4.56. The van der Waals surface area contributed by atoms with Gasteiger partial charge < -0.3 is 20.1 Å². The first-order valence-corrected chi connectivity index (χ1v) is 10.1. The predicted octanol–water partition coefficient (Wildman–Crippen LogP) is 1.47. The van der Waals surface area contributed by atoms with E-state index in [0.717, 1.165) is 58.4 Å². The quantitative estimate of drug-likeness (QED) is 0.537. The minimum Gasteiger partial charge on any atom is -0.379 e. The Hall–Kier alpha value is -0.850. The molecule has 3 fully saturated rings. The molecule has 25 heavy (non-hydrogen) atoms. The van der Waals surface area contributed by atoms with Crippen LogP contribution in [0.2, 0.25) is 0 Å². The van der Waals surface area contributed by atoms with Gasteiger partial charge in [-0.3, -0.25) is 9.89 Å². The Morgan fingerprint density at radius 2 is 2.12 bits per heavy atom. The maximum atomic E-state index is 5.95. The van der Waals surface area contributed by atoms with Gasteiger partial charge >= 0.3 is 0 Å². The maximum absolute atomic E-state index is 5.95. The Morgan fingerprint density at radius 1 is 1.36 bits per heavy atom. The third-order valence-electron chi connectivity index (χ3n) is 6.26. The van der Waals surface area contributed by atoms with Gasteiger partial charge in [0.25, 0.3) is 0 Å². The maximum Gasteiger partial charge on any atom is 0.191 e. The van der Waals surface area contributed by atoms with Crippen LogP contribution in [0.1, 0.15) is 39.5 Å². The lowest BCUT2D eigenvalue weighted by atomic mass is 9.51. The van der Waals surface area contributed by atoms with E-state index in [-0.39, 0.29) is 0 Å². The van der Waals surface area contributed by atoms with Crippen molar-refractivity contribution in [3.63, 3.8) is 0 Å². The van der Waals surface area contributed by atoms with Crippen molar-refractivity contribution in [1.82, 2.24) is 15.5 Å². The van der Waals surface area contributed by atoms with Crippen molar-refractivity contribution in [2.45, 2.75) is 51.7 Å². The van der Waals surface area contributed by atoms with Crippen LogP contribution in [0, 0.1) is 11.3 Å². The molecular formula is C19H36N4O2. The average molecular weight is 353 g/mol. The zero-order chi connectivity index (χ0) is 17.7. The van der Waals surface area contributed by atoms with E-state index < -0.39 is 0 Å². The number of morpholine rings is 1. The van der Waals surface area contributed by atoms with Crippen LogP contribution in [0.5, 0.6) is 0 Å². The van der Waals surface area contributed by atoms with E-state index in [9.17, 15) is 0 Å². The zero-order valence-corrected chi connectivity index (χ0v) is 16.2. The highest BCUT2D eigenvalue weighted by Crippen LogP contribution is 2.57. The summed E-state index contributed by atoms with van der Waals surface area (Å²) in [7, 11) is 1.87. The summed E-state index contributed by atoms with van der Waals surface area (Å²) in [6.07, 6.45) is 5.48. The van der Waals surface area contributed by atoms with Gasteiger partial charge in [-0.25, -0.2) is 0 Å². The molecule has 1 saturated heterocycles. The first kappa shape index (κ1) is 18.9. The second-order valence-electron chi connectivity index (χ2n) is 7.93. The minimum absolute atomic E-state index is 0.368. The van der Waals surface area contributed by atoms with Crippen molar-refractivity contribution in [2.75, 3.05) is 53.0 Å². The summed E-state index contributed by atoms with van der Waals surface area (Å²) < 4.78 is 11.4. The number of guanidine groups is 1. The second-order valence-corrected chi connectivity index (χ2v) is 7.93. The fourth-order valence-corrected chi connectivity index (χ4v) is 4.56. The molecule has 144 valence electrons. The van der Waals surface area contributed by atoms with Crippen molar-refractivity contribution in [3.05, 3.63) is 0 Å². The van der Waals surface area contributed by atoms with E-state index in [1.54, 1.807) is 0 Å². The van der Waals surface area contributed by atoms with Gasteiger partial charge in [0.15, 0.2) is 5.96 Å². The monoisotopic (exact) mass is 352 g/mol. The van der Waals surface area contributed by atoms with Crippen LogP contribution in [-0.2, 0) is 9.47 Å². The van der Waals surface area contributed by atoms with Crippen molar-refractivity contribution >= 4 is 5.96 Å². The molecule has 1 heterocycles. The fraction of sp³-hybridized carbons (Fsp3) is 0.947. The molecular weight excluding hydrogens is 316 g/mol. The highest BCUT2D eigenvalue weighted by molar-refractivity contribution is 5.80. The Bertz CT molecular complexity index is 447. The first-order chi connectivity index (χ1) is 12.2. The third-order valence-corrected chi connectivity index (χ3v) is 6.26. The topological polar surface area (TPSA) is 58.1 Å². The third kappa shape index (κ3) is 4.29. The molecule has 2 N–H and O–H groups in total. The van der Waals surface area contributed by atoms with E-state index >= 15 is 0 Å². The van der Waals surface area contributed by atoms with Crippen LogP contribution in [0.25, 0.3) is 0 Å². The number of hydrogen-bond donors (Lipinski definition) is 2. The summed E-state index contributed by atoms with van der Waals surface area (Å²) >= 11 is 0. The van der Waals surface area contributed by atoms with Crippen LogP contribution in [-0.4, -0.2) is 76.1 Å². The lowest BCUT2D eigenvalue weighted by Gasteiger charge is -2.61. The molecule has 6 heteroatoms. The number of nitrogens with one attached hydrogen (secondary N) is 2. The molecule has 2 aliphatic carbocycles. The second kappa shape index (κ2) is 8.69. The molecule has 0 radical (unpaired) electrons. The summed E-state index contributed by atoms with van der Waals surface area (Å²) in [6.45, 7) is 11.1. The first-order valence-electron chi connectivity index (χ1n) is 10.1. The van der Waals surface area contributed by atoms with E-state index in [2.05, 4.69) is 34.4 Å². The van der Waals surface area contributed by atoms with Crippen LogP contribution in [0.3, 0.4) is 0 Å². The zero-order valence-electron chi connectivity index (χ0n) is 16.2. The van der Waals surface area contributed by atoms with Gasteiger partial charge in [0, 0.05) is 51.3 Å². The highest BCUT2D eigenvalue weighted by Gasteiger charge is 2.59. The molecule has 2 saturated carbocycles. The van der Waals surface area contributed by atoms with Crippen molar-refractivity contribution in [1.29, 1.82) is 0 Å². The van der Waals surface area contributed by atoms with E-state index in [1.807, 2.05) is 7.05 Å². The minimum atomic E-state index is 0.368. The van der Waals surface area contributed by atoms with Gasteiger partial charge in [0.1, 0.15) is 0 Å². The van der Waals surface area contributed by atoms with Gasteiger partial charge in [-0.1, -0.05) is 13.3 Å². The van der Waals surface area contributed by atoms with Crippen LogP contribution < -0.4 is 10.6 Å². The SMILES string of the molecule is CCOC1CC(NC(=NC)NCC(C)CN2CCOCC2)C12CCC2. The smallest absolute Gasteiger partial charge is 0.191 e. The van der Waals surface area contributed by atoms with E-state index in [1.165, 1.54) is 19.3 Å². The van der Waals surface area contributed by atoms with Crippen LogP contribution in [0.15, 0.2) is 4.99 Å². The number of hydrogen-bond acceptors (Lipinski definition) is 4. The average Bonchev–Trinajstić information content (AvgIpc) is 2.56. The van der Waals surface area contributed by atoms with Gasteiger partial charge in [0.05, 0.1) is 19.3 Å². The van der Waals surface area contributed by atoms with Gasteiger partial charge in [-0.2, -0.15) is 0 Å². The van der Waals surface area contributed by atoms with Gasteiger partial charge in [0.2, 0.25) is 0 Å². The molecule has 0 aromatic rings. The molecule has 6 nitrogen and oxygen atoms in total. The normalized spacial score (nSPS) is 30.4. The largest absolute Gasteiger partial charge is 0.379 e. The Morgan fingerprint density at radius 3 is 2.72 bits per heavy atom. The highest BCUT2D eigenvalue weighted by atomic mass is 16.5. The number of aliphatic imine (C=N–C) groups is 1. The van der Waals surface area contributed by atoms with Crippen molar-refractivity contribution < 1.29 is 9.47 Å². The number of ether oxygens (including phenoxy) is 2. The molecule has 3 rings (SSSR count). The van der Waals surface area contributed by atoms with Crippen LogP contribution in [0.4, 0.5) is 0 Å². The Labute approximate surface area is 152 Å². The van der Waals surface area contributed by atoms with Gasteiger partial charge in [-0.15, -0.1) is 0 Å². The lowest BCUT2D eigenvalue weighted by Crippen LogP contribution is -2.68. The molecule has 0 bridgehead atoms. The lowest BCUT2D eigenvalue weighted by molar-refractivity contribution is -0.168.